The van der Waals surface area contributed by atoms with Gasteiger partial charge in [0.1, 0.15) is 5.70 Å². The number of rotatable bonds is 5. The van der Waals surface area contributed by atoms with Gasteiger partial charge in [-0.2, -0.15) is 11.8 Å². The molecule has 6 atom stereocenters. The zero-order valence-electron chi connectivity index (χ0n) is 16.9. The highest BCUT2D eigenvalue weighted by atomic mass is 32.2. The fraction of sp³-hybridized carbons (Fsp3) is 0.750. The maximum atomic E-state index is 12.9. The van der Waals surface area contributed by atoms with Crippen LogP contribution < -0.4 is 5.73 Å². The molecule has 5 N–H and O–H groups in total. The number of nitrogens with two attached hydrogens (primary N) is 1. The van der Waals surface area contributed by atoms with Crippen LogP contribution in [0.1, 0.15) is 39.5 Å². The van der Waals surface area contributed by atoms with Crippen molar-refractivity contribution in [3.63, 3.8) is 0 Å². The van der Waals surface area contributed by atoms with Crippen molar-refractivity contribution >= 4 is 29.6 Å². The fourth-order valence-electron chi connectivity index (χ4n) is 5.75. The number of guanidine groups is 1. The molecule has 8 nitrogen and oxygen atoms in total. The Morgan fingerprint density at radius 1 is 1.41 bits per heavy atom. The standard InChI is InChI=1S/C20H30N4O4S/c1-10(25)20(2)16-13-5-3-4-11(9-29-12-6-7-23(8-12)19(21)22)14(13)15(17(26)27)24(16)18(20)28/h10-13,16,25H,3-9H2,1-2H3,(H3,21,22)(H,26,27)/t10?,11-,12-,13?,16+,20?/m0/s1. The van der Waals surface area contributed by atoms with Crippen molar-refractivity contribution in [2.45, 2.75) is 56.9 Å². The molecule has 0 aromatic rings. The minimum atomic E-state index is -1.03. The Labute approximate surface area is 175 Å². The maximum Gasteiger partial charge on any atom is 0.352 e. The van der Waals surface area contributed by atoms with E-state index in [-0.39, 0.29) is 35.4 Å². The number of nitrogens with zero attached hydrogens (tertiary/aromatic N) is 2. The molecule has 0 radical (unpaired) electrons. The van der Waals surface area contributed by atoms with Gasteiger partial charge in [-0.15, -0.1) is 0 Å². The number of carbonyl (C=O) groups is 2. The molecule has 0 bridgehead atoms. The molecule has 3 fully saturated rings. The second-order valence-corrected chi connectivity index (χ2v) is 10.3. The number of fused-ring (bicyclic) bond motifs is 3. The Kier molecular flexibility index (Phi) is 5.09. The van der Waals surface area contributed by atoms with Crippen molar-refractivity contribution in [2.75, 3.05) is 18.8 Å². The number of aliphatic carboxylic acids is 1. The maximum absolute atomic E-state index is 12.9. The van der Waals surface area contributed by atoms with Gasteiger partial charge < -0.3 is 25.7 Å². The van der Waals surface area contributed by atoms with Crippen LogP contribution in [-0.2, 0) is 9.59 Å². The lowest BCUT2D eigenvalue weighted by atomic mass is 9.62. The molecule has 0 aromatic carbocycles. The van der Waals surface area contributed by atoms with Crippen LogP contribution in [0.5, 0.6) is 0 Å². The van der Waals surface area contributed by atoms with Gasteiger partial charge in [0.05, 0.1) is 17.6 Å². The Bertz CT molecular complexity index is 784. The number of amides is 1. The van der Waals surface area contributed by atoms with E-state index in [0.29, 0.717) is 5.25 Å². The van der Waals surface area contributed by atoms with E-state index < -0.39 is 17.5 Å². The summed E-state index contributed by atoms with van der Waals surface area (Å²) in [4.78, 5) is 28.3. The van der Waals surface area contributed by atoms with Crippen molar-refractivity contribution in [3.05, 3.63) is 11.3 Å². The summed E-state index contributed by atoms with van der Waals surface area (Å²) in [7, 11) is 0. The molecule has 1 saturated carbocycles. The van der Waals surface area contributed by atoms with E-state index in [2.05, 4.69) is 0 Å². The van der Waals surface area contributed by atoms with Gasteiger partial charge in [-0.1, -0.05) is 6.42 Å². The van der Waals surface area contributed by atoms with Crippen LogP contribution >= 0.6 is 11.8 Å². The first-order chi connectivity index (χ1) is 13.7. The van der Waals surface area contributed by atoms with Crippen LogP contribution in [0.2, 0.25) is 0 Å². The molecule has 0 spiro atoms. The number of aliphatic hydroxyl groups is 1. The van der Waals surface area contributed by atoms with Crippen LogP contribution in [0.3, 0.4) is 0 Å². The molecule has 9 heteroatoms. The second-order valence-electron chi connectivity index (χ2n) is 9.00. The van der Waals surface area contributed by atoms with Gasteiger partial charge in [0.25, 0.3) is 0 Å². The van der Waals surface area contributed by atoms with E-state index in [1.54, 1.807) is 13.8 Å². The molecule has 2 saturated heterocycles. The van der Waals surface area contributed by atoms with E-state index in [9.17, 15) is 19.8 Å². The van der Waals surface area contributed by atoms with Gasteiger partial charge in [-0.25, -0.2) is 4.79 Å². The summed E-state index contributed by atoms with van der Waals surface area (Å²) in [5, 5.41) is 28.2. The van der Waals surface area contributed by atoms with Crippen molar-refractivity contribution in [1.29, 1.82) is 5.41 Å². The van der Waals surface area contributed by atoms with Crippen LogP contribution in [0, 0.1) is 22.7 Å². The normalized spacial score (nSPS) is 37.3. The van der Waals surface area contributed by atoms with E-state index in [1.165, 1.54) is 4.90 Å². The van der Waals surface area contributed by atoms with Crippen molar-refractivity contribution in [2.24, 2.45) is 23.0 Å². The number of carboxylic acids is 1. The lowest BCUT2D eigenvalue weighted by molar-refractivity contribution is -0.181. The Hall–Kier alpha value is -1.74. The third kappa shape index (κ3) is 2.96. The van der Waals surface area contributed by atoms with Gasteiger partial charge >= 0.3 is 5.97 Å². The Balaban J connectivity index is 1.55. The molecular formula is C20H30N4O4S. The molecule has 0 aromatic heterocycles. The van der Waals surface area contributed by atoms with Crippen LogP contribution in [0.15, 0.2) is 11.3 Å². The Morgan fingerprint density at radius 3 is 2.72 bits per heavy atom. The Morgan fingerprint density at radius 2 is 2.14 bits per heavy atom. The van der Waals surface area contributed by atoms with Crippen molar-refractivity contribution in [3.8, 4) is 0 Å². The molecule has 4 rings (SSSR count). The molecule has 160 valence electrons. The predicted octanol–water partition coefficient (Wildman–Crippen LogP) is 1.05. The topological polar surface area (TPSA) is 131 Å². The monoisotopic (exact) mass is 422 g/mol. The molecular weight excluding hydrogens is 392 g/mol. The number of thioether (sulfide) groups is 1. The quantitative estimate of drug-likeness (QED) is 0.296. The second kappa shape index (κ2) is 7.19. The third-order valence-electron chi connectivity index (χ3n) is 7.46. The summed E-state index contributed by atoms with van der Waals surface area (Å²) in [5.41, 5.74) is 5.77. The number of aliphatic hydroxyl groups excluding tert-OH is 1. The third-order valence-corrected chi connectivity index (χ3v) is 8.91. The molecule has 1 aliphatic carbocycles. The summed E-state index contributed by atoms with van der Waals surface area (Å²) < 4.78 is 0. The molecule has 29 heavy (non-hydrogen) atoms. The minimum Gasteiger partial charge on any atom is -0.477 e. The first-order valence-electron chi connectivity index (χ1n) is 10.4. The lowest BCUT2D eigenvalue weighted by Gasteiger charge is -2.55. The van der Waals surface area contributed by atoms with Crippen LogP contribution in [0.25, 0.3) is 0 Å². The lowest BCUT2D eigenvalue weighted by Crippen LogP contribution is -2.71. The number of β-lactam (4-membered cyclic amide) rings is 1. The molecule has 4 aliphatic rings. The summed E-state index contributed by atoms with van der Waals surface area (Å²) in [6.45, 7) is 4.95. The average molecular weight is 423 g/mol. The van der Waals surface area contributed by atoms with Gasteiger partial charge in [-0.3, -0.25) is 10.2 Å². The van der Waals surface area contributed by atoms with E-state index >= 15 is 0 Å². The first-order valence-corrected chi connectivity index (χ1v) is 11.4. The highest BCUT2D eigenvalue weighted by Gasteiger charge is 2.68. The largest absolute Gasteiger partial charge is 0.477 e. The number of likely N-dealkylation sites (tertiary alicyclic amines) is 1. The summed E-state index contributed by atoms with van der Waals surface area (Å²) in [6, 6.07) is -0.247. The summed E-state index contributed by atoms with van der Waals surface area (Å²) in [5.74, 6) is -0.218. The van der Waals surface area contributed by atoms with E-state index in [0.717, 1.165) is 50.1 Å². The van der Waals surface area contributed by atoms with Gasteiger partial charge in [0.15, 0.2) is 5.96 Å². The summed E-state index contributed by atoms with van der Waals surface area (Å²) in [6.07, 6.45) is 2.96. The molecule has 3 unspecified atom stereocenters. The smallest absolute Gasteiger partial charge is 0.352 e. The van der Waals surface area contributed by atoms with Crippen molar-refractivity contribution in [1.82, 2.24) is 9.80 Å². The number of hydrogen-bond acceptors (Lipinski definition) is 5. The molecule has 3 heterocycles. The predicted molar refractivity (Wildman–Crippen MR) is 110 cm³/mol. The zero-order chi connectivity index (χ0) is 21.1. The molecule has 1 amide bonds. The average Bonchev–Trinajstić information content (AvgIpc) is 3.27. The van der Waals surface area contributed by atoms with Gasteiger partial charge in [-0.05, 0) is 44.6 Å². The van der Waals surface area contributed by atoms with E-state index in [4.69, 9.17) is 11.1 Å². The summed E-state index contributed by atoms with van der Waals surface area (Å²) >= 11 is 1.83. The number of carboxylic acid groups (broad SMARTS) is 1. The highest BCUT2D eigenvalue weighted by molar-refractivity contribution is 7.99. The number of nitrogens with one attached hydrogen (secondary N) is 1. The fourth-order valence-corrected chi connectivity index (χ4v) is 7.16. The van der Waals surface area contributed by atoms with Crippen molar-refractivity contribution < 1.29 is 19.8 Å². The number of carbonyl (C=O) groups excluding carboxylic acids is 1. The van der Waals surface area contributed by atoms with E-state index in [1.807, 2.05) is 16.7 Å². The zero-order valence-corrected chi connectivity index (χ0v) is 17.7. The highest BCUT2D eigenvalue weighted by Crippen LogP contribution is 2.59. The van der Waals surface area contributed by atoms with Crippen LogP contribution in [-0.4, -0.2) is 74.1 Å². The number of hydrogen-bond donors (Lipinski definition) is 4. The SMILES string of the molecule is CC(O)C1(C)C(=O)N2C(C(=O)O)=C3C(CCC[C@H]3CS[C@H]3CCN(C(=N)N)C3)[C@@H]21. The van der Waals surface area contributed by atoms with Gasteiger partial charge in [0, 0.05) is 30.0 Å². The minimum absolute atomic E-state index is 0.0232. The van der Waals surface area contributed by atoms with Crippen LogP contribution in [0.4, 0.5) is 0 Å². The first kappa shape index (κ1) is 20.5. The van der Waals surface area contributed by atoms with Gasteiger partial charge in [0.2, 0.25) is 5.91 Å². The molecule has 3 aliphatic heterocycles.